The van der Waals surface area contributed by atoms with E-state index in [0.717, 1.165) is 18.5 Å². The number of aliphatic hydroxyl groups excluding tert-OH is 1. The lowest BCUT2D eigenvalue weighted by atomic mass is 10.1. The largest absolute Gasteiger partial charge is 0.395 e. The van der Waals surface area contributed by atoms with Crippen LogP contribution in [0.2, 0.25) is 0 Å². The molecule has 1 aromatic carbocycles. The predicted octanol–water partition coefficient (Wildman–Crippen LogP) is 1.90. The SMILES string of the molecule is CCCN(C)C(=O)c1ccc(C#CCCO)cc1. The average Bonchev–Trinajstić information content (AvgIpc) is 2.39. The van der Waals surface area contributed by atoms with Gasteiger partial charge in [0, 0.05) is 31.1 Å². The Kier molecular flexibility index (Phi) is 5.96. The monoisotopic (exact) mass is 245 g/mol. The Morgan fingerprint density at radius 2 is 2.00 bits per heavy atom. The van der Waals surface area contributed by atoms with E-state index in [1.165, 1.54) is 0 Å². The minimum absolute atomic E-state index is 0.0340. The molecule has 0 bridgehead atoms. The van der Waals surface area contributed by atoms with Gasteiger partial charge < -0.3 is 10.0 Å². The van der Waals surface area contributed by atoms with E-state index in [9.17, 15) is 4.79 Å². The third kappa shape index (κ3) is 4.23. The average molecular weight is 245 g/mol. The van der Waals surface area contributed by atoms with Crippen LogP contribution >= 0.6 is 0 Å². The fraction of sp³-hybridized carbons (Fsp3) is 0.400. The number of aliphatic hydroxyl groups is 1. The fourth-order valence-corrected chi connectivity index (χ4v) is 1.57. The molecule has 0 atom stereocenters. The van der Waals surface area contributed by atoms with Gasteiger partial charge in [-0.05, 0) is 30.7 Å². The summed E-state index contributed by atoms with van der Waals surface area (Å²) in [6.45, 7) is 2.88. The topological polar surface area (TPSA) is 40.5 Å². The number of nitrogens with zero attached hydrogens (tertiary/aromatic N) is 1. The molecule has 0 fully saturated rings. The lowest BCUT2D eigenvalue weighted by Gasteiger charge is -2.15. The Labute approximate surface area is 108 Å². The summed E-state index contributed by atoms with van der Waals surface area (Å²) < 4.78 is 0. The summed E-state index contributed by atoms with van der Waals surface area (Å²) in [6, 6.07) is 7.24. The molecule has 0 saturated heterocycles. The molecule has 0 spiro atoms. The number of rotatable bonds is 4. The highest BCUT2D eigenvalue weighted by molar-refractivity contribution is 5.94. The van der Waals surface area contributed by atoms with Gasteiger partial charge in [0.2, 0.25) is 0 Å². The maximum Gasteiger partial charge on any atom is 0.253 e. The van der Waals surface area contributed by atoms with Crippen molar-refractivity contribution < 1.29 is 9.90 Å². The molecule has 96 valence electrons. The molecule has 1 N–H and O–H groups in total. The van der Waals surface area contributed by atoms with E-state index in [2.05, 4.69) is 11.8 Å². The maximum atomic E-state index is 12.0. The van der Waals surface area contributed by atoms with Crippen LogP contribution in [0.5, 0.6) is 0 Å². The third-order valence-corrected chi connectivity index (χ3v) is 2.51. The lowest BCUT2D eigenvalue weighted by molar-refractivity contribution is 0.0795. The molecule has 0 aliphatic carbocycles. The molecule has 3 heteroatoms. The van der Waals surface area contributed by atoms with Crippen LogP contribution in [0, 0.1) is 11.8 Å². The Morgan fingerprint density at radius 1 is 1.33 bits per heavy atom. The van der Waals surface area contributed by atoms with Crippen LogP contribution in [0.15, 0.2) is 24.3 Å². The van der Waals surface area contributed by atoms with Gasteiger partial charge in [-0.2, -0.15) is 0 Å². The van der Waals surface area contributed by atoms with Crippen LogP contribution < -0.4 is 0 Å². The van der Waals surface area contributed by atoms with Crippen LogP contribution in [0.4, 0.5) is 0 Å². The highest BCUT2D eigenvalue weighted by Crippen LogP contribution is 2.06. The second-order valence-corrected chi connectivity index (χ2v) is 4.08. The molecule has 0 saturated carbocycles. The fourth-order valence-electron chi connectivity index (χ4n) is 1.57. The van der Waals surface area contributed by atoms with E-state index < -0.39 is 0 Å². The van der Waals surface area contributed by atoms with Crippen molar-refractivity contribution in [1.82, 2.24) is 4.90 Å². The number of carbonyl (C=O) groups excluding carboxylic acids is 1. The van der Waals surface area contributed by atoms with Crippen LogP contribution in [0.1, 0.15) is 35.7 Å². The molecule has 0 aromatic heterocycles. The zero-order valence-electron chi connectivity index (χ0n) is 10.9. The van der Waals surface area contributed by atoms with Gasteiger partial charge in [0.1, 0.15) is 0 Å². The molecule has 3 nitrogen and oxygen atoms in total. The lowest BCUT2D eigenvalue weighted by Crippen LogP contribution is -2.27. The maximum absolute atomic E-state index is 12.0. The van der Waals surface area contributed by atoms with Gasteiger partial charge in [0.15, 0.2) is 0 Å². The number of hydrogen-bond acceptors (Lipinski definition) is 2. The van der Waals surface area contributed by atoms with E-state index in [1.54, 1.807) is 24.1 Å². The van der Waals surface area contributed by atoms with Crippen LogP contribution in [-0.4, -0.2) is 36.1 Å². The van der Waals surface area contributed by atoms with E-state index in [0.29, 0.717) is 12.0 Å². The molecule has 18 heavy (non-hydrogen) atoms. The van der Waals surface area contributed by atoms with Gasteiger partial charge in [-0.15, -0.1) is 0 Å². The summed E-state index contributed by atoms with van der Waals surface area (Å²) in [7, 11) is 1.81. The Morgan fingerprint density at radius 3 is 2.56 bits per heavy atom. The first-order chi connectivity index (χ1) is 8.69. The second kappa shape index (κ2) is 7.52. The van der Waals surface area contributed by atoms with Crippen molar-refractivity contribution in [2.45, 2.75) is 19.8 Å². The van der Waals surface area contributed by atoms with E-state index in [4.69, 9.17) is 5.11 Å². The Hall–Kier alpha value is -1.79. The van der Waals surface area contributed by atoms with Crippen molar-refractivity contribution in [3.8, 4) is 11.8 Å². The molecule has 0 aliphatic rings. The summed E-state index contributed by atoms with van der Waals surface area (Å²) in [5.41, 5.74) is 1.54. The predicted molar refractivity (Wildman–Crippen MR) is 72.3 cm³/mol. The zero-order chi connectivity index (χ0) is 13.4. The number of carbonyl (C=O) groups is 1. The number of hydrogen-bond donors (Lipinski definition) is 1. The summed E-state index contributed by atoms with van der Waals surface area (Å²) in [5, 5.41) is 8.62. The first kappa shape index (κ1) is 14.3. The molecule has 1 aromatic rings. The van der Waals surface area contributed by atoms with Gasteiger partial charge in [0.25, 0.3) is 5.91 Å². The smallest absolute Gasteiger partial charge is 0.253 e. The van der Waals surface area contributed by atoms with Gasteiger partial charge in [-0.3, -0.25) is 4.79 Å². The first-order valence-electron chi connectivity index (χ1n) is 6.14. The van der Waals surface area contributed by atoms with Crippen molar-refractivity contribution in [2.75, 3.05) is 20.2 Å². The van der Waals surface area contributed by atoms with Crippen molar-refractivity contribution in [3.63, 3.8) is 0 Å². The minimum atomic E-state index is 0.0340. The second-order valence-electron chi connectivity index (χ2n) is 4.08. The number of amides is 1. The molecular formula is C15H19NO2. The third-order valence-electron chi connectivity index (χ3n) is 2.51. The van der Waals surface area contributed by atoms with Crippen LogP contribution in [0.25, 0.3) is 0 Å². The summed E-state index contributed by atoms with van der Waals surface area (Å²) in [6.07, 6.45) is 1.42. The quantitative estimate of drug-likeness (QED) is 0.823. The summed E-state index contributed by atoms with van der Waals surface area (Å²) in [4.78, 5) is 13.7. The van der Waals surface area contributed by atoms with E-state index >= 15 is 0 Å². The highest BCUT2D eigenvalue weighted by atomic mass is 16.2. The molecule has 0 heterocycles. The van der Waals surface area contributed by atoms with Crippen LogP contribution in [0.3, 0.4) is 0 Å². The van der Waals surface area contributed by atoms with Crippen LogP contribution in [-0.2, 0) is 0 Å². The zero-order valence-corrected chi connectivity index (χ0v) is 10.9. The van der Waals surface area contributed by atoms with Gasteiger partial charge in [0.05, 0.1) is 6.61 Å². The Bertz CT molecular complexity index is 440. The van der Waals surface area contributed by atoms with Crippen molar-refractivity contribution in [2.24, 2.45) is 0 Å². The normalized spacial score (nSPS) is 9.50. The Balaban J connectivity index is 2.71. The minimum Gasteiger partial charge on any atom is -0.395 e. The summed E-state index contributed by atoms with van der Waals surface area (Å²) in [5.74, 6) is 5.81. The van der Waals surface area contributed by atoms with E-state index in [1.807, 2.05) is 19.1 Å². The molecule has 0 aliphatic heterocycles. The van der Waals surface area contributed by atoms with Crippen molar-refractivity contribution >= 4 is 5.91 Å². The summed E-state index contributed by atoms with van der Waals surface area (Å²) >= 11 is 0. The van der Waals surface area contributed by atoms with E-state index in [-0.39, 0.29) is 12.5 Å². The molecular weight excluding hydrogens is 226 g/mol. The van der Waals surface area contributed by atoms with Crippen molar-refractivity contribution in [3.05, 3.63) is 35.4 Å². The first-order valence-corrected chi connectivity index (χ1v) is 6.14. The molecule has 1 amide bonds. The standard InChI is InChI=1S/C15H19NO2/c1-3-11-16(2)15(18)14-9-7-13(8-10-14)6-4-5-12-17/h7-10,17H,3,5,11-12H2,1-2H3. The van der Waals surface area contributed by atoms with Gasteiger partial charge in [-0.25, -0.2) is 0 Å². The molecule has 0 unspecified atom stereocenters. The molecule has 0 radical (unpaired) electrons. The van der Waals surface area contributed by atoms with Gasteiger partial charge in [-0.1, -0.05) is 18.8 Å². The van der Waals surface area contributed by atoms with Crippen molar-refractivity contribution in [1.29, 1.82) is 0 Å². The van der Waals surface area contributed by atoms with Gasteiger partial charge >= 0.3 is 0 Å². The molecule has 1 rings (SSSR count). The number of benzene rings is 1. The highest BCUT2D eigenvalue weighted by Gasteiger charge is 2.09.